The zero-order valence-electron chi connectivity index (χ0n) is 15.5. The number of hydrogen-bond acceptors (Lipinski definition) is 3. The van der Waals surface area contributed by atoms with E-state index >= 15 is 0 Å². The highest BCUT2D eigenvalue weighted by atomic mass is 16.5. The Bertz CT molecular complexity index is 564. The molecule has 6 heteroatoms. The third-order valence-corrected chi connectivity index (χ3v) is 4.41. The molecule has 0 unspecified atom stereocenters. The number of carbonyl (C=O) groups is 2. The molecule has 1 N–H and O–H groups in total. The Labute approximate surface area is 150 Å². The van der Waals surface area contributed by atoms with Crippen LogP contribution in [0.4, 0.5) is 4.79 Å². The number of urea groups is 1. The number of ether oxygens (including phenoxy) is 1. The first-order valence-corrected chi connectivity index (χ1v) is 8.97. The van der Waals surface area contributed by atoms with E-state index in [1.807, 2.05) is 29.2 Å². The van der Waals surface area contributed by atoms with Gasteiger partial charge in [-0.3, -0.25) is 4.79 Å². The molecule has 0 spiro atoms. The van der Waals surface area contributed by atoms with E-state index < -0.39 is 0 Å². The first-order valence-electron chi connectivity index (χ1n) is 8.97. The van der Waals surface area contributed by atoms with Crippen LogP contribution in [0.2, 0.25) is 0 Å². The van der Waals surface area contributed by atoms with Crippen LogP contribution in [0.5, 0.6) is 5.75 Å². The standard InChI is InChI=1S/C19H29N3O3/c1-4-5-15-6-8-17(9-7-15)25-14-18(23)22-12-10-16(11-13-22)20-19(24)21(2)3/h6-9,16H,4-5,10-14H2,1-3H3,(H,20,24). The van der Waals surface area contributed by atoms with Crippen molar-refractivity contribution in [3.05, 3.63) is 29.8 Å². The minimum atomic E-state index is -0.0837. The lowest BCUT2D eigenvalue weighted by Crippen LogP contribution is -2.49. The topological polar surface area (TPSA) is 61.9 Å². The van der Waals surface area contributed by atoms with Gasteiger partial charge in [0.15, 0.2) is 6.61 Å². The highest BCUT2D eigenvalue weighted by Gasteiger charge is 2.24. The van der Waals surface area contributed by atoms with Crippen molar-refractivity contribution in [1.82, 2.24) is 15.1 Å². The summed E-state index contributed by atoms with van der Waals surface area (Å²) in [7, 11) is 3.44. The molecule has 25 heavy (non-hydrogen) atoms. The quantitative estimate of drug-likeness (QED) is 0.859. The molecule has 0 saturated carbocycles. The second kappa shape index (κ2) is 9.30. The maximum Gasteiger partial charge on any atom is 0.317 e. The molecule has 0 atom stereocenters. The molecule has 1 saturated heterocycles. The van der Waals surface area contributed by atoms with Gasteiger partial charge in [-0.1, -0.05) is 25.5 Å². The highest BCUT2D eigenvalue weighted by molar-refractivity contribution is 5.78. The van der Waals surface area contributed by atoms with E-state index in [-0.39, 0.29) is 24.6 Å². The number of nitrogens with zero attached hydrogens (tertiary/aromatic N) is 2. The summed E-state index contributed by atoms with van der Waals surface area (Å²) < 4.78 is 5.61. The number of hydrogen-bond donors (Lipinski definition) is 1. The van der Waals surface area contributed by atoms with Crippen LogP contribution in [-0.4, -0.2) is 61.6 Å². The van der Waals surface area contributed by atoms with Crippen molar-refractivity contribution in [3.8, 4) is 5.75 Å². The van der Waals surface area contributed by atoms with Crippen LogP contribution in [0.15, 0.2) is 24.3 Å². The summed E-state index contributed by atoms with van der Waals surface area (Å²) in [5.41, 5.74) is 1.28. The number of amides is 3. The molecule has 0 bridgehead atoms. The summed E-state index contributed by atoms with van der Waals surface area (Å²) >= 11 is 0. The van der Waals surface area contributed by atoms with E-state index in [0.29, 0.717) is 13.1 Å². The van der Waals surface area contributed by atoms with Gasteiger partial charge in [0.2, 0.25) is 0 Å². The summed E-state index contributed by atoms with van der Waals surface area (Å²) in [6, 6.07) is 7.97. The Balaban J connectivity index is 1.72. The minimum Gasteiger partial charge on any atom is -0.484 e. The van der Waals surface area contributed by atoms with Crippen molar-refractivity contribution < 1.29 is 14.3 Å². The zero-order valence-corrected chi connectivity index (χ0v) is 15.5. The second-order valence-corrected chi connectivity index (χ2v) is 6.68. The molecule has 6 nitrogen and oxygen atoms in total. The molecular weight excluding hydrogens is 318 g/mol. The van der Waals surface area contributed by atoms with Crippen molar-refractivity contribution in [1.29, 1.82) is 0 Å². The summed E-state index contributed by atoms with van der Waals surface area (Å²) in [4.78, 5) is 27.3. The average Bonchev–Trinajstić information content (AvgIpc) is 2.61. The van der Waals surface area contributed by atoms with Gasteiger partial charge >= 0.3 is 6.03 Å². The van der Waals surface area contributed by atoms with Crippen molar-refractivity contribution in [2.24, 2.45) is 0 Å². The fourth-order valence-corrected chi connectivity index (χ4v) is 2.85. The number of nitrogens with one attached hydrogen (secondary N) is 1. The smallest absolute Gasteiger partial charge is 0.317 e. The van der Waals surface area contributed by atoms with Gasteiger partial charge in [0.1, 0.15) is 5.75 Å². The zero-order chi connectivity index (χ0) is 18.2. The van der Waals surface area contributed by atoms with Crippen LogP contribution >= 0.6 is 0 Å². The van der Waals surface area contributed by atoms with E-state index in [4.69, 9.17) is 4.74 Å². The van der Waals surface area contributed by atoms with Gasteiger partial charge in [0.05, 0.1) is 0 Å². The molecule has 0 radical (unpaired) electrons. The van der Waals surface area contributed by atoms with Crippen molar-refractivity contribution in [2.45, 2.75) is 38.6 Å². The summed E-state index contributed by atoms with van der Waals surface area (Å²) in [6.45, 7) is 3.51. The second-order valence-electron chi connectivity index (χ2n) is 6.68. The largest absolute Gasteiger partial charge is 0.484 e. The Morgan fingerprint density at radius 1 is 1.20 bits per heavy atom. The third kappa shape index (κ3) is 5.96. The Morgan fingerprint density at radius 3 is 2.40 bits per heavy atom. The highest BCUT2D eigenvalue weighted by Crippen LogP contribution is 2.15. The Hall–Kier alpha value is -2.24. The van der Waals surface area contributed by atoms with Crippen LogP contribution in [0.25, 0.3) is 0 Å². The summed E-state index contributed by atoms with van der Waals surface area (Å²) in [6.07, 6.45) is 3.72. The maximum atomic E-state index is 12.3. The molecule has 138 valence electrons. The molecule has 0 aliphatic carbocycles. The lowest BCUT2D eigenvalue weighted by atomic mass is 10.1. The average molecular weight is 347 g/mol. The number of aryl methyl sites for hydroxylation is 1. The minimum absolute atomic E-state index is 0.00461. The van der Waals surface area contributed by atoms with Gasteiger partial charge in [-0.25, -0.2) is 4.79 Å². The fraction of sp³-hybridized carbons (Fsp3) is 0.579. The molecule has 1 heterocycles. The molecule has 1 aromatic rings. The van der Waals surface area contributed by atoms with Gasteiger partial charge in [0.25, 0.3) is 5.91 Å². The summed E-state index contributed by atoms with van der Waals surface area (Å²) in [5.74, 6) is 0.719. The first kappa shape index (κ1) is 19.1. The molecule has 2 rings (SSSR count). The molecule has 1 aliphatic rings. The molecular formula is C19H29N3O3. The van der Waals surface area contributed by atoms with Gasteiger partial charge in [0, 0.05) is 33.2 Å². The number of rotatable bonds is 6. The van der Waals surface area contributed by atoms with Gasteiger partial charge in [-0.15, -0.1) is 0 Å². The monoisotopic (exact) mass is 347 g/mol. The first-order chi connectivity index (χ1) is 12.0. The van der Waals surface area contributed by atoms with E-state index in [2.05, 4.69) is 12.2 Å². The van der Waals surface area contributed by atoms with E-state index in [0.717, 1.165) is 31.4 Å². The molecule has 1 aromatic carbocycles. The summed E-state index contributed by atoms with van der Waals surface area (Å²) in [5, 5.41) is 2.97. The third-order valence-electron chi connectivity index (χ3n) is 4.41. The number of carbonyl (C=O) groups excluding carboxylic acids is 2. The van der Waals surface area contributed by atoms with Crippen molar-refractivity contribution >= 4 is 11.9 Å². The van der Waals surface area contributed by atoms with Gasteiger partial charge < -0.3 is 19.9 Å². The van der Waals surface area contributed by atoms with Crippen LogP contribution in [0.1, 0.15) is 31.7 Å². The normalized spacial score (nSPS) is 14.9. The lowest BCUT2D eigenvalue weighted by molar-refractivity contribution is -0.134. The molecule has 1 fully saturated rings. The lowest BCUT2D eigenvalue weighted by Gasteiger charge is -2.32. The van der Waals surface area contributed by atoms with Crippen LogP contribution in [-0.2, 0) is 11.2 Å². The molecule has 3 amide bonds. The van der Waals surface area contributed by atoms with Crippen LogP contribution < -0.4 is 10.1 Å². The van der Waals surface area contributed by atoms with E-state index in [1.165, 1.54) is 10.5 Å². The SMILES string of the molecule is CCCc1ccc(OCC(=O)N2CCC(NC(=O)N(C)C)CC2)cc1. The van der Waals surface area contributed by atoms with E-state index in [9.17, 15) is 9.59 Å². The number of likely N-dealkylation sites (tertiary alicyclic amines) is 1. The fourth-order valence-electron chi connectivity index (χ4n) is 2.85. The Kier molecular flexibility index (Phi) is 7.10. The van der Waals surface area contributed by atoms with Crippen molar-refractivity contribution in [3.63, 3.8) is 0 Å². The van der Waals surface area contributed by atoms with Crippen LogP contribution in [0.3, 0.4) is 0 Å². The molecule has 1 aliphatic heterocycles. The Morgan fingerprint density at radius 2 is 1.84 bits per heavy atom. The predicted octanol–water partition coefficient (Wildman–Crippen LogP) is 2.28. The van der Waals surface area contributed by atoms with E-state index in [1.54, 1.807) is 14.1 Å². The molecule has 0 aromatic heterocycles. The van der Waals surface area contributed by atoms with Gasteiger partial charge in [-0.05, 0) is 37.0 Å². The van der Waals surface area contributed by atoms with Crippen molar-refractivity contribution in [2.75, 3.05) is 33.8 Å². The maximum absolute atomic E-state index is 12.3. The number of piperidine rings is 1. The van der Waals surface area contributed by atoms with Crippen LogP contribution in [0, 0.1) is 0 Å². The van der Waals surface area contributed by atoms with Gasteiger partial charge in [-0.2, -0.15) is 0 Å². The number of benzene rings is 1. The predicted molar refractivity (Wildman–Crippen MR) is 97.8 cm³/mol.